The van der Waals surface area contributed by atoms with Crippen LogP contribution in [0.15, 0.2) is 60.7 Å². The smallest absolute Gasteiger partial charge is 0.408 e. The summed E-state index contributed by atoms with van der Waals surface area (Å²) in [5.41, 5.74) is 1.65. The summed E-state index contributed by atoms with van der Waals surface area (Å²) in [7, 11) is 0. The minimum Gasteiger partial charge on any atom is -0.444 e. The molecule has 8 heteroatoms. The number of aryl methyl sites for hydroxylation is 2. The highest BCUT2D eigenvalue weighted by Gasteiger charge is 2.43. The van der Waals surface area contributed by atoms with Gasteiger partial charge in [-0.3, -0.25) is 9.59 Å². The van der Waals surface area contributed by atoms with Crippen molar-refractivity contribution in [1.82, 2.24) is 10.2 Å². The molecule has 0 heterocycles. The minimum atomic E-state index is -1.01. The number of amides is 3. The molecule has 3 rings (SSSR count). The van der Waals surface area contributed by atoms with Gasteiger partial charge < -0.3 is 20.3 Å². The Balaban J connectivity index is 2.12. The number of nitrogens with zero attached hydrogens (tertiary/aromatic N) is 1. The van der Waals surface area contributed by atoms with Gasteiger partial charge in [0.25, 0.3) is 5.91 Å². The monoisotopic (exact) mass is 577 g/mol. The number of nitrogens with one attached hydrogen (secondary N) is 2. The van der Waals surface area contributed by atoms with Gasteiger partial charge in [0.2, 0.25) is 5.91 Å². The highest BCUT2D eigenvalue weighted by molar-refractivity contribution is 7.80. The van der Waals surface area contributed by atoms with Gasteiger partial charge in [-0.15, -0.1) is 0 Å². The summed E-state index contributed by atoms with van der Waals surface area (Å²) in [5, 5.41) is 7.82. The largest absolute Gasteiger partial charge is 0.444 e. The van der Waals surface area contributed by atoms with E-state index in [4.69, 9.17) is 4.74 Å². The summed E-state index contributed by atoms with van der Waals surface area (Å²) in [4.78, 5) is 43.0. The first-order valence-electron chi connectivity index (χ1n) is 14.0. The van der Waals surface area contributed by atoms with Crippen LogP contribution in [0.3, 0.4) is 0 Å². The topological polar surface area (TPSA) is 87.7 Å². The fraction of sp³-hybridized carbons (Fsp3) is 0.424. The normalized spacial score (nSPS) is 13.3. The molecule has 220 valence electrons. The average molecular weight is 578 g/mol. The van der Waals surface area contributed by atoms with Gasteiger partial charge in [-0.05, 0) is 94.5 Å². The van der Waals surface area contributed by atoms with Crippen LogP contribution in [0.4, 0.5) is 10.5 Å². The molecule has 0 bridgehead atoms. The Morgan fingerprint density at radius 2 is 1.51 bits per heavy atom. The van der Waals surface area contributed by atoms with E-state index in [0.717, 1.165) is 27.5 Å². The van der Waals surface area contributed by atoms with Crippen molar-refractivity contribution in [3.63, 3.8) is 0 Å². The number of carbonyl (C=O) groups is 3. The molecular weight excluding hydrogens is 534 g/mol. The van der Waals surface area contributed by atoms with Gasteiger partial charge in [-0.25, -0.2) is 4.79 Å². The van der Waals surface area contributed by atoms with Crippen LogP contribution in [0.1, 0.15) is 70.7 Å². The van der Waals surface area contributed by atoms with Crippen molar-refractivity contribution in [2.75, 3.05) is 11.1 Å². The lowest BCUT2D eigenvalue weighted by Crippen LogP contribution is -2.59. The minimum absolute atomic E-state index is 0.0279. The van der Waals surface area contributed by atoms with Crippen molar-refractivity contribution in [2.24, 2.45) is 0 Å². The Hall–Kier alpha value is -3.52. The fourth-order valence-corrected chi connectivity index (χ4v) is 5.11. The first-order valence-corrected chi connectivity index (χ1v) is 14.6. The number of carbonyl (C=O) groups excluding carboxylic acids is 3. The third kappa shape index (κ3) is 7.82. The molecule has 0 aliphatic carbocycles. The van der Waals surface area contributed by atoms with Crippen LogP contribution in [0.2, 0.25) is 0 Å². The maximum Gasteiger partial charge on any atom is 0.408 e. The van der Waals surface area contributed by atoms with Crippen molar-refractivity contribution in [3.8, 4) is 0 Å². The van der Waals surface area contributed by atoms with Gasteiger partial charge in [0.1, 0.15) is 17.7 Å². The lowest BCUT2D eigenvalue weighted by molar-refractivity contribution is -0.147. The van der Waals surface area contributed by atoms with E-state index in [9.17, 15) is 14.4 Å². The van der Waals surface area contributed by atoms with E-state index < -0.39 is 35.2 Å². The van der Waals surface area contributed by atoms with Gasteiger partial charge in [0.05, 0.1) is 0 Å². The molecule has 2 N–H and O–H groups in total. The van der Waals surface area contributed by atoms with Crippen LogP contribution >= 0.6 is 12.6 Å². The van der Waals surface area contributed by atoms with Gasteiger partial charge in [0.15, 0.2) is 0 Å². The van der Waals surface area contributed by atoms with Crippen LogP contribution in [0.5, 0.6) is 0 Å². The number of rotatable bonds is 9. The van der Waals surface area contributed by atoms with Crippen LogP contribution in [0, 0.1) is 13.8 Å². The summed E-state index contributed by atoms with van der Waals surface area (Å²) in [6.45, 7) is 15.0. The van der Waals surface area contributed by atoms with E-state index in [2.05, 4.69) is 23.3 Å². The number of alkyl carbamates (subject to hydrolysis) is 1. The zero-order valence-corrected chi connectivity index (χ0v) is 26.3. The second-order valence-electron chi connectivity index (χ2n) is 12.0. The second kappa shape index (κ2) is 13.0. The Labute approximate surface area is 249 Å². The molecule has 7 nitrogen and oxygen atoms in total. The molecule has 3 amide bonds. The van der Waals surface area contributed by atoms with Crippen LogP contribution in [-0.4, -0.2) is 45.7 Å². The molecule has 41 heavy (non-hydrogen) atoms. The third-order valence-corrected chi connectivity index (χ3v) is 7.63. The van der Waals surface area contributed by atoms with E-state index in [1.807, 2.05) is 95.3 Å². The first-order chi connectivity index (χ1) is 19.2. The van der Waals surface area contributed by atoms with E-state index in [1.165, 1.54) is 0 Å². The Kier molecular flexibility index (Phi) is 10.1. The Morgan fingerprint density at radius 3 is 2.07 bits per heavy atom. The molecule has 0 saturated carbocycles. The van der Waals surface area contributed by atoms with Crippen molar-refractivity contribution in [1.29, 1.82) is 0 Å². The fourth-order valence-electron chi connectivity index (χ4n) is 4.86. The first kappa shape index (κ1) is 32.0. The van der Waals surface area contributed by atoms with Gasteiger partial charge in [0, 0.05) is 17.0 Å². The second-order valence-corrected chi connectivity index (χ2v) is 12.4. The van der Waals surface area contributed by atoms with E-state index >= 15 is 0 Å². The van der Waals surface area contributed by atoms with E-state index in [0.29, 0.717) is 12.1 Å². The number of fused-ring (bicyclic) bond motifs is 1. The molecule has 0 aromatic heterocycles. The standard InChI is InChI=1S/C33H43N3O4S/c1-9-33(7,8)36(30(38)26(20-41)35-31(39)40-32(4,5)6)28(27-21(2)13-12-14-22(27)3)29(37)34-25-18-17-23-15-10-11-16-24(23)19-25/h10-19,26,28,41H,9,20H2,1-8H3,(H,34,37)(H,35,39). The highest BCUT2D eigenvalue weighted by Crippen LogP contribution is 2.36. The molecule has 3 aromatic rings. The van der Waals surface area contributed by atoms with Crippen molar-refractivity contribution >= 4 is 47.0 Å². The molecule has 0 aliphatic heterocycles. The van der Waals surface area contributed by atoms with Crippen molar-refractivity contribution < 1.29 is 19.1 Å². The quantitative estimate of drug-likeness (QED) is 0.240. The molecule has 3 aromatic carbocycles. The van der Waals surface area contributed by atoms with E-state index in [-0.39, 0.29) is 11.7 Å². The number of hydrogen-bond donors (Lipinski definition) is 3. The predicted molar refractivity (Wildman–Crippen MR) is 169 cm³/mol. The number of benzene rings is 3. The molecule has 2 atom stereocenters. The molecule has 0 fully saturated rings. The molecule has 0 aliphatic rings. The molecule has 0 saturated heterocycles. The summed E-state index contributed by atoms with van der Waals surface area (Å²) < 4.78 is 5.42. The number of anilines is 1. The third-order valence-electron chi connectivity index (χ3n) is 7.27. The maximum atomic E-state index is 14.4. The number of thiol groups is 1. The summed E-state index contributed by atoms with van der Waals surface area (Å²) >= 11 is 4.40. The van der Waals surface area contributed by atoms with Gasteiger partial charge >= 0.3 is 6.09 Å². The van der Waals surface area contributed by atoms with Gasteiger partial charge in [-0.1, -0.05) is 55.5 Å². The summed E-state index contributed by atoms with van der Waals surface area (Å²) in [6.07, 6.45) is -0.154. The van der Waals surface area contributed by atoms with Crippen LogP contribution in [-0.2, 0) is 14.3 Å². The van der Waals surface area contributed by atoms with Crippen molar-refractivity contribution in [2.45, 2.75) is 85.0 Å². The van der Waals surface area contributed by atoms with Crippen molar-refractivity contribution in [3.05, 3.63) is 77.4 Å². The number of hydrogen-bond acceptors (Lipinski definition) is 5. The summed E-state index contributed by atoms with van der Waals surface area (Å²) in [6, 6.07) is 17.5. The highest BCUT2D eigenvalue weighted by atomic mass is 32.1. The Morgan fingerprint density at radius 1 is 0.902 bits per heavy atom. The molecular formula is C33H43N3O4S. The lowest BCUT2D eigenvalue weighted by Gasteiger charge is -2.45. The average Bonchev–Trinajstić information content (AvgIpc) is 2.89. The Bertz CT molecular complexity index is 1390. The van der Waals surface area contributed by atoms with Crippen LogP contribution < -0.4 is 10.6 Å². The molecule has 0 radical (unpaired) electrons. The van der Waals surface area contributed by atoms with Gasteiger partial charge in [-0.2, -0.15) is 12.6 Å². The van der Waals surface area contributed by atoms with Crippen LogP contribution in [0.25, 0.3) is 10.8 Å². The van der Waals surface area contributed by atoms with E-state index in [1.54, 1.807) is 25.7 Å². The molecule has 0 spiro atoms. The molecule has 2 unspecified atom stereocenters. The maximum absolute atomic E-state index is 14.4. The zero-order valence-electron chi connectivity index (χ0n) is 25.4. The predicted octanol–water partition coefficient (Wildman–Crippen LogP) is 6.98. The number of ether oxygens (including phenoxy) is 1. The lowest BCUT2D eigenvalue weighted by atomic mass is 9.88. The summed E-state index contributed by atoms with van der Waals surface area (Å²) in [5.74, 6) is -0.734. The zero-order chi connectivity index (χ0) is 30.5. The SMILES string of the molecule is CCC(C)(C)N(C(=O)C(CS)NC(=O)OC(C)(C)C)C(C(=O)Nc1ccc2ccccc2c1)c1c(C)cccc1C.